The molecule has 0 amide bonds. The summed E-state index contributed by atoms with van der Waals surface area (Å²) in [7, 11) is 0. The molecule has 2 rings (SSSR count). The van der Waals surface area contributed by atoms with Crippen LogP contribution in [-0.4, -0.2) is 23.1 Å². The van der Waals surface area contributed by atoms with Crippen LogP contribution in [0.15, 0.2) is 24.3 Å². The van der Waals surface area contributed by atoms with Crippen molar-refractivity contribution in [3.63, 3.8) is 0 Å². The molecule has 0 aliphatic heterocycles. The van der Waals surface area contributed by atoms with E-state index in [0.29, 0.717) is 16.7 Å². The molecule has 1 N–H and O–H groups in total. The largest absolute Gasteiger partial charge is 0.459 e. The zero-order chi connectivity index (χ0) is 20.9. The van der Waals surface area contributed by atoms with Crippen LogP contribution >= 0.6 is 0 Å². The Morgan fingerprint density at radius 3 is 1.89 bits per heavy atom. The highest BCUT2D eigenvalue weighted by Gasteiger charge is 2.75. The Balaban J connectivity index is 2.68. The van der Waals surface area contributed by atoms with Gasteiger partial charge < -0.3 is 5.11 Å². The highest BCUT2D eigenvalue weighted by Crippen LogP contribution is 2.53. The van der Waals surface area contributed by atoms with E-state index in [2.05, 4.69) is 0 Å². The number of fused-ring (bicyclic) bond motifs is 1. The van der Waals surface area contributed by atoms with Gasteiger partial charge in [0.05, 0.1) is 0 Å². The summed E-state index contributed by atoms with van der Waals surface area (Å²) in [6, 6.07) is 5.98. The zero-order valence-corrected chi connectivity index (χ0v) is 15.1. The van der Waals surface area contributed by atoms with Gasteiger partial charge in [0.25, 0.3) is 0 Å². The quantitative estimate of drug-likeness (QED) is 0.593. The first-order valence-corrected chi connectivity index (χ1v) is 8.17. The maximum Gasteiger partial charge on any atom is 0.459 e. The average molecular weight is 396 g/mol. The summed E-state index contributed by atoms with van der Waals surface area (Å²) in [5.74, 6) is -12.1. The molecule has 1 unspecified atom stereocenters. The Morgan fingerprint density at radius 1 is 0.852 bits per heavy atom. The van der Waals surface area contributed by atoms with Crippen molar-refractivity contribution < 1.29 is 35.8 Å². The molecule has 2 aliphatic rings. The van der Waals surface area contributed by atoms with Crippen molar-refractivity contribution in [3.8, 4) is 11.1 Å². The lowest BCUT2D eigenvalue weighted by Crippen LogP contribution is -2.54. The van der Waals surface area contributed by atoms with Crippen molar-refractivity contribution in [3.05, 3.63) is 46.5 Å². The highest BCUT2D eigenvalue weighted by atomic mass is 19.4. The maximum absolute atomic E-state index is 14.0. The van der Waals surface area contributed by atoms with Gasteiger partial charge >= 0.3 is 18.0 Å². The molecule has 0 spiro atoms. The van der Waals surface area contributed by atoms with Crippen LogP contribution in [0, 0.1) is 13.8 Å². The first-order valence-electron chi connectivity index (χ1n) is 8.17. The van der Waals surface area contributed by atoms with Crippen molar-refractivity contribution in [1.82, 2.24) is 0 Å². The van der Waals surface area contributed by atoms with Gasteiger partial charge in [0, 0.05) is 0 Å². The second-order valence-electron chi connectivity index (χ2n) is 6.98. The number of rotatable bonds is 4. The lowest BCUT2D eigenvalue weighted by atomic mass is 9.94. The minimum absolute atomic E-state index is 0.0459. The summed E-state index contributed by atoms with van der Waals surface area (Å²) < 4.78 is 92.2. The van der Waals surface area contributed by atoms with Crippen molar-refractivity contribution in [1.29, 1.82) is 0 Å². The van der Waals surface area contributed by atoms with Crippen LogP contribution in [0.1, 0.15) is 48.1 Å². The Labute approximate surface area is 152 Å². The predicted molar refractivity (Wildman–Crippen MR) is 87.5 cm³/mol. The van der Waals surface area contributed by atoms with Gasteiger partial charge in [-0.25, -0.2) is 0 Å². The van der Waals surface area contributed by atoms with E-state index in [0.717, 1.165) is 11.6 Å². The lowest BCUT2D eigenvalue weighted by Gasteiger charge is -2.31. The van der Waals surface area contributed by atoms with E-state index in [4.69, 9.17) is 0 Å². The fraction of sp³-hybridized carbons (Fsp3) is 0.474. The number of aryl methyl sites for hydroxylation is 2. The molecular weight excluding hydrogens is 377 g/mol. The Morgan fingerprint density at radius 2 is 1.41 bits per heavy atom. The summed E-state index contributed by atoms with van der Waals surface area (Å²) in [6.45, 7) is 6.81. The van der Waals surface area contributed by atoms with E-state index in [1.807, 2.05) is 13.8 Å². The third-order valence-corrected chi connectivity index (χ3v) is 4.67. The molecular formula is C19H19F7O. The molecule has 1 atom stereocenters. The van der Waals surface area contributed by atoms with Crippen LogP contribution in [0.5, 0.6) is 0 Å². The fourth-order valence-corrected chi connectivity index (χ4v) is 3.01. The normalized spacial score (nSPS) is 14.9. The molecule has 0 heterocycles. The van der Waals surface area contributed by atoms with E-state index in [1.54, 1.807) is 18.2 Å². The van der Waals surface area contributed by atoms with E-state index >= 15 is 0 Å². The first-order chi connectivity index (χ1) is 12.1. The van der Waals surface area contributed by atoms with Crippen LogP contribution in [-0.2, 0) is 0 Å². The van der Waals surface area contributed by atoms with E-state index in [9.17, 15) is 35.8 Å². The third kappa shape index (κ3) is 3.39. The molecule has 0 radical (unpaired) electrons. The average Bonchev–Trinajstić information content (AvgIpc) is 2.73. The van der Waals surface area contributed by atoms with Crippen LogP contribution in [0.4, 0.5) is 30.7 Å². The van der Waals surface area contributed by atoms with E-state index < -0.39 is 29.7 Å². The van der Waals surface area contributed by atoms with Gasteiger partial charge in [-0.2, -0.15) is 30.7 Å². The molecule has 0 bridgehead atoms. The fourth-order valence-electron chi connectivity index (χ4n) is 3.01. The second-order valence-corrected chi connectivity index (χ2v) is 6.98. The monoisotopic (exact) mass is 396 g/mol. The number of hydrogen-bond donors (Lipinski definition) is 1. The summed E-state index contributed by atoms with van der Waals surface area (Å²) in [6.07, 6.45) is -9.83. The molecule has 0 aromatic carbocycles. The van der Waals surface area contributed by atoms with Crippen LogP contribution in [0.3, 0.4) is 0 Å². The maximum atomic E-state index is 14.0. The molecule has 0 saturated heterocycles. The van der Waals surface area contributed by atoms with E-state index in [1.165, 1.54) is 13.8 Å². The summed E-state index contributed by atoms with van der Waals surface area (Å²) in [5, 5.41) is 9.91. The number of aliphatic hydroxyl groups is 1. The Kier molecular flexibility index (Phi) is 5.29. The standard InChI is InChI=1S/C19H19F7O/c1-9(2)12-6-5-10(3)15-13(8-12)11(4)7-14(15)16(27)17(20,21)18(22,23)19(24,25)26/h5-9,16,27H,1-4H3. The molecule has 0 aromatic heterocycles. The number of hydrogen-bond acceptors (Lipinski definition) is 1. The minimum atomic E-state index is -6.50. The molecule has 0 saturated carbocycles. The van der Waals surface area contributed by atoms with Crippen molar-refractivity contribution in [2.24, 2.45) is 0 Å². The summed E-state index contributed by atoms with van der Waals surface area (Å²) in [5.41, 5.74) is 1.41. The number of aliphatic hydroxyl groups excluding tert-OH is 1. The highest BCUT2D eigenvalue weighted by molar-refractivity contribution is 5.78. The molecule has 2 aliphatic carbocycles. The zero-order valence-electron chi connectivity index (χ0n) is 15.1. The van der Waals surface area contributed by atoms with Crippen LogP contribution in [0.2, 0.25) is 0 Å². The van der Waals surface area contributed by atoms with Crippen molar-refractivity contribution in [2.75, 3.05) is 0 Å². The van der Waals surface area contributed by atoms with E-state index in [-0.39, 0.29) is 11.5 Å². The van der Waals surface area contributed by atoms with Gasteiger partial charge in [0.2, 0.25) is 0 Å². The van der Waals surface area contributed by atoms with Gasteiger partial charge in [-0.3, -0.25) is 0 Å². The topological polar surface area (TPSA) is 20.2 Å². The number of halogens is 7. The Hall–Kier alpha value is -1.83. The summed E-state index contributed by atoms with van der Waals surface area (Å²) >= 11 is 0. The number of alkyl halides is 7. The van der Waals surface area contributed by atoms with Gasteiger partial charge in [-0.1, -0.05) is 38.1 Å². The molecule has 0 aromatic rings. The molecule has 1 nitrogen and oxygen atoms in total. The van der Waals surface area contributed by atoms with Gasteiger partial charge in [0.1, 0.15) is 6.10 Å². The van der Waals surface area contributed by atoms with Crippen molar-refractivity contribution >= 4 is 0 Å². The SMILES string of the molecule is Cc1cc(C(O)C(F)(F)C(F)(F)C(F)(F)F)c2c(C)ccc(C(C)C)cc1-2. The summed E-state index contributed by atoms with van der Waals surface area (Å²) in [4.78, 5) is 0. The minimum Gasteiger partial charge on any atom is -0.382 e. The van der Waals surface area contributed by atoms with Crippen LogP contribution < -0.4 is 0 Å². The van der Waals surface area contributed by atoms with Gasteiger partial charge in [-0.05, 0) is 53.1 Å². The van der Waals surface area contributed by atoms with Gasteiger partial charge in [0.15, 0.2) is 0 Å². The molecule has 8 heteroatoms. The second kappa shape index (κ2) is 6.65. The predicted octanol–water partition coefficient (Wildman–Crippen LogP) is 6.40. The molecule has 27 heavy (non-hydrogen) atoms. The smallest absolute Gasteiger partial charge is 0.382 e. The van der Waals surface area contributed by atoms with Crippen molar-refractivity contribution in [2.45, 2.75) is 57.7 Å². The lowest BCUT2D eigenvalue weighted by molar-refractivity contribution is -0.372. The molecule has 0 fully saturated rings. The van der Waals surface area contributed by atoms with Gasteiger partial charge in [-0.15, -0.1) is 0 Å². The Bertz CT molecular complexity index is 809. The third-order valence-electron chi connectivity index (χ3n) is 4.67. The molecule has 150 valence electrons. The first kappa shape index (κ1) is 21.5. The van der Waals surface area contributed by atoms with Crippen LogP contribution in [0.25, 0.3) is 11.1 Å².